The number of benzene rings is 1. The Morgan fingerprint density at radius 3 is 2.76 bits per heavy atom. The molecule has 0 bridgehead atoms. The minimum absolute atomic E-state index is 0.116. The van der Waals surface area contributed by atoms with E-state index in [1.165, 1.54) is 6.07 Å². The topological polar surface area (TPSA) is 67.2 Å². The number of carbonyl (C=O) groups excluding carboxylic acids is 1. The number of hydrogen-bond donors (Lipinski definition) is 2. The zero-order chi connectivity index (χ0) is 15.6. The van der Waals surface area contributed by atoms with E-state index >= 15 is 0 Å². The SMILES string of the molecule is Cc1nn(CC(C)C(=O)Nc2cccc(O)c2)c(C)c1Cl. The van der Waals surface area contributed by atoms with Gasteiger partial charge in [0.25, 0.3) is 0 Å². The molecule has 1 amide bonds. The quantitative estimate of drug-likeness (QED) is 0.912. The molecular formula is C15H18ClN3O2. The van der Waals surface area contributed by atoms with Crippen molar-refractivity contribution in [1.82, 2.24) is 9.78 Å². The fourth-order valence-corrected chi connectivity index (χ4v) is 2.18. The molecule has 0 aliphatic heterocycles. The minimum atomic E-state index is -0.276. The molecule has 2 N–H and O–H groups in total. The zero-order valence-corrected chi connectivity index (χ0v) is 13.0. The lowest BCUT2D eigenvalue weighted by atomic mass is 10.1. The average Bonchev–Trinajstić information content (AvgIpc) is 2.66. The summed E-state index contributed by atoms with van der Waals surface area (Å²) < 4.78 is 1.74. The van der Waals surface area contributed by atoms with E-state index in [9.17, 15) is 9.90 Å². The standard InChI is InChI=1S/C15H18ClN3O2/c1-9(8-19-11(3)14(16)10(2)18-19)15(21)17-12-5-4-6-13(20)7-12/h4-7,9,20H,8H2,1-3H3,(H,17,21). The van der Waals surface area contributed by atoms with Gasteiger partial charge in [-0.3, -0.25) is 9.48 Å². The molecule has 0 aliphatic rings. The van der Waals surface area contributed by atoms with Crippen molar-refractivity contribution < 1.29 is 9.90 Å². The Hall–Kier alpha value is -2.01. The van der Waals surface area contributed by atoms with Crippen molar-refractivity contribution in [3.8, 4) is 5.75 Å². The number of halogens is 1. The van der Waals surface area contributed by atoms with Crippen molar-refractivity contribution in [3.05, 3.63) is 40.7 Å². The Balaban J connectivity index is 2.04. The third kappa shape index (κ3) is 3.55. The first-order valence-electron chi connectivity index (χ1n) is 6.68. The van der Waals surface area contributed by atoms with Gasteiger partial charge < -0.3 is 10.4 Å². The first kappa shape index (κ1) is 15.4. The molecule has 1 aromatic heterocycles. The number of carbonyl (C=O) groups is 1. The van der Waals surface area contributed by atoms with Gasteiger partial charge in [-0.2, -0.15) is 5.10 Å². The highest BCUT2D eigenvalue weighted by atomic mass is 35.5. The van der Waals surface area contributed by atoms with Crippen LogP contribution in [0.5, 0.6) is 5.75 Å². The molecule has 5 nitrogen and oxygen atoms in total. The molecule has 0 radical (unpaired) electrons. The second-order valence-corrected chi connectivity index (χ2v) is 5.49. The van der Waals surface area contributed by atoms with Gasteiger partial charge in [-0.15, -0.1) is 0 Å². The Morgan fingerprint density at radius 2 is 2.19 bits per heavy atom. The van der Waals surface area contributed by atoms with Gasteiger partial charge in [-0.05, 0) is 26.0 Å². The van der Waals surface area contributed by atoms with Crippen LogP contribution in [-0.2, 0) is 11.3 Å². The molecule has 6 heteroatoms. The van der Waals surface area contributed by atoms with Gasteiger partial charge in [0.15, 0.2) is 0 Å². The lowest BCUT2D eigenvalue weighted by molar-refractivity contribution is -0.119. The lowest BCUT2D eigenvalue weighted by Crippen LogP contribution is -2.25. The third-order valence-electron chi connectivity index (χ3n) is 3.30. The molecule has 1 atom stereocenters. The molecule has 0 spiro atoms. The Kier molecular flexibility index (Phi) is 4.53. The van der Waals surface area contributed by atoms with Gasteiger partial charge in [0.05, 0.1) is 28.9 Å². The van der Waals surface area contributed by atoms with Crippen molar-refractivity contribution in [2.24, 2.45) is 5.92 Å². The monoisotopic (exact) mass is 307 g/mol. The summed E-state index contributed by atoms with van der Waals surface area (Å²) in [4.78, 5) is 12.2. The van der Waals surface area contributed by atoms with Crippen LogP contribution >= 0.6 is 11.6 Å². The summed E-state index contributed by atoms with van der Waals surface area (Å²) in [5.41, 5.74) is 2.18. The van der Waals surface area contributed by atoms with Gasteiger partial charge >= 0.3 is 0 Å². The van der Waals surface area contributed by atoms with Crippen molar-refractivity contribution in [2.75, 3.05) is 5.32 Å². The van der Waals surface area contributed by atoms with Crippen molar-refractivity contribution in [3.63, 3.8) is 0 Å². The van der Waals surface area contributed by atoms with Crippen LogP contribution in [0.15, 0.2) is 24.3 Å². The number of phenols is 1. The fraction of sp³-hybridized carbons (Fsp3) is 0.333. The molecule has 0 aliphatic carbocycles. The molecule has 0 fully saturated rings. The largest absolute Gasteiger partial charge is 0.508 e. The predicted octanol–water partition coefficient (Wildman–Crippen LogP) is 3.13. The van der Waals surface area contributed by atoms with Crippen molar-refractivity contribution >= 4 is 23.2 Å². The van der Waals surface area contributed by atoms with E-state index < -0.39 is 0 Å². The Morgan fingerprint density at radius 1 is 1.48 bits per heavy atom. The number of hydrogen-bond acceptors (Lipinski definition) is 3. The van der Waals surface area contributed by atoms with Gasteiger partial charge in [-0.1, -0.05) is 24.6 Å². The number of aryl methyl sites for hydroxylation is 1. The highest BCUT2D eigenvalue weighted by molar-refractivity contribution is 6.31. The van der Waals surface area contributed by atoms with E-state index in [1.807, 2.05) is 20.8 Å². The van der Waals surface area contributed by atoms with Crippen LogP contribution in [0.25, 0.3) is 0 Å². The molecule has 2 aromatic rings. The molecule has 21 heavy (non-hydrogen) atoms. The Bertz CT molecular complexity index is 667. The lowest BCUT2D eigenvalue weighted by Gasteiger charge is -2.13. The van der Waals surface area contributed by atoms with Crippen LogP contribution in [-0.4, -0.2) is 20.8 Å². The molecule has 1 aromatic carbocycles. The number of nitrogens with one attached hydrogen (secondary N) is 1. The predicted molar refractivity (Wildman–Crippen MR) is 82.6 cm³/mol. The Labute approximate surface area is 128 Å². The molecule has 0 saturated heterocycles. The average molecular weight is 308 g/mol. The fourth-order valence-electron chi connectivity index (χ4n) is 2.04. The number of rotatable bonds is 4. The second kappa shape index (κ2) is 6.18. The zero-order valence-electron chi connectivity index (χ0n) is 12.2. The smallest absolute Gasteiger partial charge is 0.229 e. The number of aromatic nitrogens is 2. The number of nitrogens with zero attached hydrogens (tertiary/aromatic N) is 2. The normalized spacial score (nSPS) is 12.2. The molecule has 2 rings (SSSR count). The van der Waals surface area contributed by atoms with Gasteiger partial charge in [0.1, 0.15) is 5.75 Å². The van der Waals surface area contributed by atoms with Crippen LogP contribution in [0.4, 0.5) is 5.69 Å². The summed E-state index contributed by atoms with van der Waals surface area (Å²) in [7, 11) is 0. The van der Waals surface area contributed by atoms with Crippen LogP contribution < -0.4 is 5.32 Å². The molecule has 112 valence electrons. The summed E-state index contributed by atoms with van der Waals surface area (Å²) in [6, 6.07) is 6.46. The number of phenolic OH excluding ortho intramolecular Hbond substituents is 1. The van der Waals surface area contributed by atoms with E-state index in [0.717, 1.165) is 11.4 Å². The first-order valence-corrected chi connectivity index (χ1v) is 7.05. The van der Waals surface area contributed by atoms with Gasteiger partial charge in [0.2, 0.25) is 5.91 Å². The summed E-state index contributed by atoms with van der Waals surface area (Å²) in [6.07, 6.45) is 0. The first-order chi connectivity index (χ1) is 9.88. The highest BCUT2D eigenvalue weighted by Crippen LogP contribution is 2.20. The summed E-state index contributed by atoms with van der Waals surface area (Å²) >= 11 is 6.10. The summed E-state index contributed by atoms with van der Waals surface area (Å²) in [5.74, 6) is -0.295. The van der Waals surface area contributed by atoms with Gasteiger partial charge in [-0.25, -0.2) is 0 Å². The molecule has 0 saturated carbocycles. The van der Waals surface area contributed by atoms with E-state index in [0.29, 0.717) is 17.3 Å². The number of amides is 1. The third-order valence-corrected chi connectivity index (χ3v) is 3.85. The molecular weight excluding hydrogens is 290 g/mol. The van der Waals surface area contributed by atoms with Crippen LogP contribution in [0.2, 0.25) is 5.02 Å². The van der Waals surface area contributed by atoms with E-state index in [2.05, 4.69) is 10.4 Å². The van der Waals surface area contributed by atoms with Gasteiger partial charge in [0, 0.05) is 11.8 Å². The highest BCUT2D eigenvalue weighted by Gasteiger charge is 2.17. The summed E-state index contributed by atoms with van der Waals surface area (Å²) in [6.45, 7) is 5.98. The van der Waals surface area contributed by atoms with E-state index in [-0.39, 0.29) is 17.6 Å². The number of anilines is 1. The van der Waals surface area contributed by atoms with Crippen LogP contribution in [0, 0.1) is 19.8 Å². The van der Waals surface area contributed by atoms with Crippen LogP contribution in [0.3, 0.4) is 0 Å². The summed E-state index contributed by atoms with van der Waals surface area (Å²) in [5, 5.41) is 17.1. The maximum absolute atomic E-state index is 12.2. The second-order valence-electron chi connectivity index (χ2n) is 5.11. The van der Waals surface area contributed by atoms with Crippen molar-refractivity contribution in [2.45, 2.75) is 27.3 Å². The molecule has 1 heterocycles. The molecule has 1 unspecified atom stereocenters. The maximum Gasteiger partial charge on any atom is 0.229 e. The van der Waals surface area contributed by atoms with Crippen LogP contribution in [0.1, 0.15) is 18.3 Å². The number of aromatic hydroxyl groups is 1. The maximum atomic E-state index is 12.2. The van der Waals surface area contributed by atoms with Crippen molar-refractivity contribution in [1.29, 1.82) is 0 Å². The van der Waals surface area contributed by atoms with E-state index in [4.69, 9.17) is 11.6 Å². The minimum Gasteiger partial charge on any atom is -0.508 e. The van der Waals surface area contributed by atoms with E-state index in [1.54, 1.807) is 22.9 Å².